The van der Waals surface area contributed by atoms with Gasteiger partial charge in [-0.3, -0.25) is 4.79 Å². The highest BCUT2D eigenvalue weighted by Gasteiger charge is 2.15. The Morgan fingerprint density at radius 3 is 3.09 bits per heavy atom. The normalized spacial score (nSPS) is 27.0. The zero-order chi connectivity index (χ0) is 8.10. The molecule has 1 fully saturated rings. The van der Waals surface area contributed by atoms with Crippen LogP contribution >= 0.6 is 15.9 Å². The van der Waals surface area contributed by atoms with E-state index < -0.39 is 0 Å². The number of hydrogen-bond donors (Lipinski definition) is 0. The van der Waals surface area contributed by atoms with E-state index in [1.54, 1.807) is 0 Å². The van der Waals surface area contributed by atoms with Gasteiger partial charge in [-0.05, 0) is 0 Å². The molecule has 1 heterocycles. The molecule has 0 aliphatic carbocycles. The third kappa shape index (κ3) is 3.20. The lowest BCUT2D eigenvalue weighted by Crippen LogP contribution is -2.25. The van der Waals surface area contributed by atoms with Gasteiger partial charge in [0.1, 0.15) is 6.10 Å². The third-order valence-electron chi connectivity index (χ3n) is 1.50. The minimum Gasteiger partial charge on any atom is -0.461 e. The van der Waals surface area contributed by atoms with Gasteiger partial charge in [-0.2, -0.15) is 0 Å². The molecule has 0 aromatic carbocycles. The van der Waals surface area contributed by atoms with Crippen LogP contribution in [0.5, 0.6) is 0 Å². The molecule has 64 valence electrons. The maximum Gasteiger partial charge on any atom is 0.308 e. The van der Waals surface area contributed by atoms with Gasteiger partial charge in [0.2, 0.25) is 0 Å². The summed E-state index contributed by atoms with van der Waals surface area (Å²) in [6, 6.07) is 0. The molecule has 1 aliphatic heterocycles. The van der Waals surface area contributed by atoms with Gasteiger partial charge in [-0.1, -0.05) is 15.9 Å². The highest BCUT2D eigenvalue weighted by Crippen LogP contribution is 2.07. The molecular weight excluding hydrogens is 212 g/mol. The summed E-state index contributed by atoms with van der Waals surface area (Å²) < 4.78 is 10.2. The second-order valence-electron chi connectivity index (χ2n) is 2.42. The molecule has 1 aliphatic rings. The van der Waals surface area contributed by atoms with Crippen molar-refractivity contribution in [3.8, 4) is 0 Å². The van der Waals surface area contributed by atoms with E-state index in [1.165, 1.54) is 0 Å². The Labute approximate surface area is 74.2 Å². The number of alkyl halides is 1. The van der Waals surface area contributed by atoms with Crippen LogP contribution in [0.1, 0.15) is 12.8 Å². The van der Waals surface area contributed by atoms with E-state index in [2.05, 4.69) is 15.9 Å². The van der Waals surface area contributed by atoms with Crippen LogP contribution < -0.4 is 0 Å². The van der Waals surface area contributed by atoms with E-state index >= 15 is 0 Å². The lowest BCUT2D eigenvalue weighted by atomic mass is 10.3. The first kappa shape index (κ1) is 9.00. The number of carbonyl (C=O) groups is 1. The summed E-state index contributed by atoms with van der Waals surface area (Å²) in [5, 5.41) is 0.697. The maximum absolute atomic E-state index is 10.9. The topological polar surface area (TPSA) is 35.5 Å². The SMILES string of the molecule is O=C1CCOCCC(CBr)O1. The van der Waals surface area contributed by atoms with Crippen molar-refractivity contribution >= 4 is 21.9 Å². The summed E-state index contributed by atoms with van der Waals surface area (Å²) in [5.41, 5.74) is 0. The lowest BCUT2D eigenvalue weighted by molar-refractivity contribution is -0.152. The molecule has 11 heavy (non-hydrogen) atoms. The molecule has 0 saturated carbocycles. The van der Waals surface area contributed by atoms with Crippen molar-refractivity contribution in [2.24, 2.45) is 0 Å². The van der Waals surface area contributed by atoms with Crippen molar-refractivity contribution in [1.29, 1.82) is 0 Å². The Morgan fingerprint density at radius 1 is 1.55 bits per heavy atom. The van der Waals surface area contributed by atoms with Crippen molar-refractivity contribution in [3.63, 3.8) is 0 Å². The average Bonchev–Trinajstić information content (AvgIpc) is 1.96. The van der Waals surface area contributed by atoms with Crippen molar-refractivity contribution in [1.82, 2.24) is 0 Å². The quantitative estimate of drug-likeness (QED) is 0.493. The third-order valence-corrected chi connectivity index (χ3v) is 2.23. The molecule has 0 aromatic rings. The van der Waals surface area contributed by atoms with Gasteiger partial charge in [0.05, 0.1) is 19.6 Å². The second kappa shape index (κ2) is 4.72. The molecule has 4 heteroatoms. The Kier molecular flexibility index (Phi) is 3.86. The Bertz CT molecular complexity index is 138. The van der Waals surface area contributed by atoms with Crippen LogP contribution in [0, 0.1) is 0 Å². The second-order valence-corrected chi connectivity index (χ2v) is 3.06. The van der Waals surface area contributed by atoms with Crippen molar-refractivity contribution in [3.05, 3.63) is 0 Å². The summed E-state index contributed by atoms with van der Waals surface area (Å²) in [6.45, 7) is 1.18. The Morgan fingerprint density at radius 2 is 2.36 bits per heavy atom. The Balaban J connectivity index is 2.35. The summed E-state index contributed by atoms with van der Waals surface area (Å²) >= 11 is 3.27. The van der Waals surface area contributed by atoms with E-state index in [-0.39, 0.29) is 12.1 Å². The van der Waals surface area contributed by atoms with Gasteiger partial charge in [0.15, 0.2) is 0 Å². The van der Waals surface area contributed by atoms with Crippen molar-refractivity contribution in [2.45, 2.75) is 18.9 Å². The zero-order valence-electron chi connectivity index (χ0n) is 6.22. The van der Waals surface area contributed by atoms with Crippen LogP contribution in [0.2, 0.25) is 0 Å². The fraction of sp³-hybridized carbons (Fsp3) is 0.857. The van der Waals surface area contributed by atoms with E-state index in [0.29, 0.717) is 25.0 Å². The first-order valence-corrected chi connectivity index (χ1v) is 4.78. The van der Waals surface area contributed by atoms with Gasteiger partial charge < -0.3 is 9.47 Å². The molecule has 0 spiro atoms. The summed E-state index contributed by atoms with van der Waals surface area (Å²) in [7, 11) is 0. The zero-order valence-corrected chi connectivity index (χ0v) is 7.80. The minimum absolute atomic E-state index is 0.0113. The molecule has 1 unspecified atom stereocenters. The molecule has 0 aromatic heterocycles. The van der Waals surface area contributed by atoms with Crippen LogP contribution in [-0.2, 0) is 14.3 Å². The molecule has 3 nitrogen and oxygen atoms in total. The van der Waals surface area contributed by atoms with Gasteiger partial charge in [-0.25, -0.2) is 0 Å². The number of cyclic esters (lactones) is 1. The fourth-order valence-electron chi connectivity index (χ4n) is 0.885. The molecule has 0 N–H and O–H groups in total. The molecule has 1 atom stereocenters. The molecule has 0 radical (unpaired) electrons. The monoisotopic (exact) mass is 222 g/mol. The van der Waals surface area contributed by atoms with E-state index in [1.807, 2.05) is 0 Å². The number of esters is 1. The van der Waals surface area contributed by atoms with Crippen LogP contribution in [0.15, 0.2) is 0 Å². The Hall–Kier alpha value is -0.0900. The van der Waals surface area contributed by atoms with Crippen LogP contribution in [0.4, 0.5) is 0 Å². The minimum atomic E-state index is -0.158. The molecule has 0 amide bonds. The number of halogens is 1. The lowest BCUT2D eigenvalue weighted by Gasteiger charge is -2.18. The van der Waals surface area contributed by atoms with Crippen LogP contribution in [0.3, 0.4) is 0 Å². The van der Waals surface area contributed by atoms with Gasteiger partial charge >= 0.3 is 5.97 Å². The average molecular weight is 223 g/mol. The van der Waals surface area contributed by atoms with E-state index in [9.17, 15) is 4.79 Å². The molecule has 1 rings (SSSR count). The summed E-state index contributed by atoms with van der Waals surface area (Å²) in [4.78, 5) is 10.9. The largest absolute Gasteiger partial charge is 0.461 e. The van der Waals surface area contributed by atoms with Crippen LogP contribution in [0.25, 0.3) is 0 Å². The molecular formula is C7H11BrO3. The van der Waals surface area contributed by atoms with E-state index in [4.69, 9.17) is 9.47 Å². The fourth-order valence-corrected chi connectivity index (χ4v) is 1.34. The molecule has 0 bridgehead atoms. The van der Waals surface area contributed by atoms with Gasteiger partial charge in [-0.15, -0.1) is 0 Å². The number of carbonyl (C=O) groups excluding carboxylic acids is 1. The predicted molar refractivity (Wildman–Crippen MR) is 43.7 cm³/mol. The number of ether oxygens (including phenoxy) is 2. The highest BCUT2D eigenvalue weighted by atomic mass is 79.9. The predicted octanol–water partition coefficient (Wildman–Crippen LogP) is 1.10. The number of rotatable bonds is 1. The van der Waals surface area contributed by atoms with Crippen molar-refractivity contribution < 1.29 is 14.3 Å². The maximum atomic E-state index is 10.9. The first-order valence-electron chi connectivity index (χ1n) is 3.66. The van der Waals surface area contributed by atoms with Crippen molar-refractivity contribution in [2.75, 3.05) is 18.5 Å². The molecule has 1 saturated heterocycles. The first-order chi connectivity index (χ1) is 5.33. The summed E-state index contributed by atoms with van der Waals surface area (Å²) in [6.07, 6.45) is 1.16. The standard InChI is InChI=1S/C7H11BrO3/c8-5-6-1-3-10-4-2-7(9)11-6/h6H,1-5H2. The van der Waals surface area contributed by atoms with Gasteiger partial charge in [0.25, 0.3) is 0 Å². The van der Waals surface area contributed by atoms with Crippen LogP contribution in [-0.4, -0.2) is 30.6 Å². The van der Waals surface area contributed by atoms with E-state index in [0.717, 1.165) is 6.42 Å². The van der Waals surface area contributed by atoms with Gasteiger partial charge in [0, 0.05) is 11.8 Å². The number of hydrogen-bond acceptors (Lipinski definition) is 3. The highest BCUT2D eigenvalue weighted by molar-refractivity contribution is 9.09. The summed E-state index contributed by atoms with van der Waals surface area (Å²) in [5.74, 6) is -0.158. The smallest absolute Gasteiger partial charge is 0.308 e.